The molecule has 0 bridgehead atoms. The van der Waals surface area contributed by atoms with Crippen LogP contribution in [0.1, 0.15) is 83.3 Å². The Labute approximate surface area is 242 Å². The number of nitrogens with zero attached hydrogens (tertiary/aromatic N) is 4. The highest BCUT2D eigenvalue weighted by molar-refractivity contribution is 5.65. The summed E-state index contributed by atoms with van der Waals surface area (Å²) in [5, 5.41) is 3.64. The Bertz CT molecular complexity index is 1130. The number of piperidine rings is 1. The first-order chi connectivity index (χ1) is 19.2. The van der Waals surface area contributed by atoms with Crippen LogP contribution in [0.15, 0.2) is 42.6 Å². The molecule has 2 fully saturated rings. The average Bonchev–Trinajstić information content (AvgIpc) is 3.22. The van der Waals surface area contributed by atoms with Gasteiger partial charge in [-0.25, -0.2) is 4.39 Å². The van der Waals surface area contributed by atoms with Gasteiger partial charge in [-0.3, -0.25) is 14.8 Å². The molecule has 0 aliphatic carbocycles. The van der Waals surface area contributed by atoms with Crippen molar-refractivity contribution in [1.82, 2.24) is 20.1 Å². The summed E-state index contributed by atoms with van der Waals surface area (Å²) in [5.74, 6) is -0.193. The monoisotopic (exact) mass is 549 g/mol. The third-order valence-corrected chi connectivity index (χ3v) is 8.92. The van der Waals surface area contributed by atoms with Crippen molar-refractivity contribution >= 4 is 5.69 Å². The molecule has 2 aromatic rings. The van der Waals surface area contributed by atoms with E-state index in [9.17, 15) is 4.39 Å². The maximum absolute atomic E-state index is 13.5. The number of anilines is 1. The first-order valence-corrected chi connectivity index (χ1v) is 15.7. The van der Waals surface area contributed by atoms with Crippen molar-refractivity contribution in [3.05, 3.63) is 70.9 Å². The van der Waals surface area contributed by atoms with Gasteiger partial charge in [0.2, 0.25) is 0 Å². The van der Waals surface area contributed by atoms with E-state index in [4.69, 9.17) is 4.98 Å². The molecule has 0 saturated carbocycles. The molecular weight excluding hydrogens is 497 g/mol. The van der Waals surface area contributed by atoms with E-state index in [1.165, 1.54) is 42.8 Å². The molecule has 6 heteroatoms. The first kappa shape index (κ1) is 30.7. The molecule has 0 spiro atoms. The Morgan fingerprint density at radius 1 is 1.12 bits per heavy atom. The molecule has 2 saturated heterocycles. The summed E-state index contributed by atoms with van der Waals surface area (Å²) >= 11 is 0. The zero-order chi connectivity index (χ0) is 28.9. The van der Waals surface area contributed by atoms with E-state index >= 15 is 0 Å². The fraction of sp³-hybridized carbons (Fsp3) is 0.618. The number of aryl methyl sites for hydroxylation is 1. The molecule has 2 unspecified atom stereocenters. The van der Waals surface area contributed by atoms with Crippen molar-refractivity contribution in [1.29, 1.82) is 0 Å². The van der Waals surface area contributed by atoms with Crippen LogP contribution in [0.3, 0.4) is 0 Å². The summed E-state index contributed by atoms with van der Waals surface area (Å²) in [7, 11) is 0. The molecule has 5 nitrogen and oxygen atoms in total. The molecule has 4 heterocycles. The lowest BCUT2D eigenvalue weighted by atomic mass is 9.90. The number of piperazine rings is 1. The third kappa shape index (κ3) is 6.95. The standard InChI is InChI=1S/C32H46FN5.C2H6/c1-6-29-26(17-25-10-12-27(33)13-11-25)18-30-31(35-29)32(4,5)22-38(30)24(3)20-37-16-14-34-19-28(37)21-36-15-8-7-9-23(36)2;1-2/h10-13,18,23,28,34H,3,6-9,14-17,19-22H2,1-2,4-5H3;1-2H3. The van der Waals surface area contributed by atoms with Gasteiger partial charge in [0, 0.05) is 68.2 Å². The van der Waals surface area contributed by atoms with E-state index in [1.807, 2.05) is 26.0 Å². The van der Waals surface area contributed by atoms with Gasteiger partial charge in [-0.1, -0.05) is 59.8 Å². The fourth-order valence-corrected chi connectivity index (χ4v) is 6.61. The van der Waals surface area contributed by atoms with Crippen molar-refractivity contribution in [3.8, 4) is 0 Å². The highest BCUT2D eigenvalue weighted by Crippen LogP contribution is 2.42. The lowest BCUT2D eigenvalue weighted by Gasteiger charge is -2.43. The Balaban J connectivity index is 0.00000181. The summed E-state index contributed by atoms with van der Waals surface area (Å²) in [6.45, 7) is 25.1. The van der Waals surface area contributed by atoms with E-state index in [0.717, 1.165) is 69.1 Å². The summed E-state index contributed by atoms with van der Waals surface area (Å²) in [4.78, 5) is 13.0. The second-order valence-electron chi connectivity index (χ2n) is 12.3. The summed E-state index contributed by atoms with van der Waals surface area (Å²) in [5.41, 5.74) is 6.99. The molecule has 0 amide bonds. The summed E-state index contributed by atoms with van der Waals surface area (Å²) in [6.07, 6.45) is 5.65. The van der Waals surface area contributed by atoms with Crippen molar-refractivity contribution in [2.45, 2.75) is 91.1 Å². The SMILES string of the molecule is C=C(CN1CCNCC1CN1CCCCC1C)N1CC(C)(C)c2nc(CC)c(Cc3ccc(F)cc3)cc21.CC. The van der Waals surface area contributed by atoms with Crippen LogP contribution in [-0.2, 0) is 18.3 Å². The maximum Gasteiger partial charge on any atom is 0.123 e. The fourth-order valence-electron chi connectivity index (χ4n) is 6.61. The van der Waals surface area contributed by atoms with Crippen molar-refractivity contribution in [2.24, 2.45) is 0 Å². The van der Waals surface area contributed by atoms with Crippen molar-refractivity contribution in [2.75, 3.05) is 50.7 Å². The zero-order valence-corrected chi connectivity index (χ0v) is 25.9. The minimum Gasteiger partial charge on any atom is -0.342 e. The first-order valence-electron chi connectivity index (χ1n) is 15.7. The van der Waals surface area contributed by atoms with Crippen LogP contribution in [0.4, 0.5) is 10.1 Å². The molecule has 3 aliphatic heterocycles. The minimum atomic E-state index is -0.193. The van der Waals surface area contributed by atoms with Crippen molar-refractivity contribution in [3.63, 3.8) is 0 Å². The number of hydrogen-bond acceptors (Lipinski definition) is 5. The van der Waals surface area contributed by atoms with E-state index in [2.05, 4.69) is 60.4 Å². The Morgan fingerprint density at radius 3 is 2.58 bits per heavy atom. The molecule has 40 heavy (non-hydrogen) atoms. The molecule has 1 aromatic carbocycles. The van der Waals surface area contributed by atoms with Gasteiger partial charge >= 0.3 is 0 Å². The lowest BCUT2D eigenvalue weighted by Crippen LogP contribution is -2.58. The second-order valence-corrected chi connectivity index (χ2v) is 12.3. The van der Waals surface area contributed by atoms with Crippen LogP contribution in [0, 0.1) is 5.82 Å². The van der Waals surface area contributed by atoms with Gasteiger partial charge in [0.05, 0.1) is 11.4 Å². The Morgan fingerprint density at radius 2 is 1.88 bits per heavy atom. The molecule has 220 valence electrons. The predicted octanol–water partition coefficient (Wildman–Crippen LogP) is 6.16. The molecule has 1 aromatic heterocycles. The average molecular weight is 550 g/mol. The highest BCUT2D eigenvalue weighted by Gasteiger charge is 2.39. The Hall–Kier alpha value is -2.28. The van der Waals surface area contributed by atoms with Gasteiger partial charge in [0.1, 0.15) is 5.82 Å². The van der Waals surface area contributed by atoms with Crippen LogP contribution in [0.25, 0.3) is 0 Å². The predicted molar refractivity (Wildman–Crippen MR) is 167 cm³/mol. The lowest BCUT2D eigenvalue weighted by molar-refractivity contribution is 0.0850. The van der Waals surface area contributed by atoms with Gasteiger partial charge in [0.15, 0.2) is 0 Å². The smallest absolute Gasteiger partial charge is 0.123 e. The number of pyridine rings is 1. The summed E-state index contributed by atoms with van der Waals surface area (Å²) in [6, 6.07) is 10.4. The van der Waals surface area contributed by atoms with Crippen LogP contribution in [-0.4, -0.2) is 72.7 Å². The molecule has 5 rings (SSSR count). The van der Waals surface area contributed by atoms with Crippen LogP contribution < -0.4 is 10.2 Å². The van der Waals surface area contributed by atoms with Gasteiger partial charge in [0.25, 0.3) is 0 Å². The second kappa shape index (κ2) is 13.6. The van der Waals surface area contributed by atoms with E-state index in [0.29, 0.717) is 12.1 Å². The molecular formula is C34H52FN5. The quantitative estimate of drug-likeness (QED) is 0.427. The van der Waals surface area contributed by atoms with Gasteiger partial charge in [-0.15, -0.1) is 0 Å². The number of rotatable bonds is 8. The number of nitrogens with one attached hydrogen (secondary N) is 1. The molecule has 1 N–H and O–H groups in total. The number of fused-ring (bicyclic) bond motifs is 1. The third-order valence-electron chi connectivity index (χ3n) is 8.92. The maximum atomic E-state index is 13.5. The van der Waals surface area contributed by atoms with Gasteiger partial charge < -0.3 is 10.2 Å². The van der Waals surface area contributed by atoms with Gasteiger partial charge in [-0.2, -0.15) is 0 Å². The van der Waals surface area contributed by atoms with Crippen LogP contribution in [0.2, 0.25) is 0 Å². The van der Waals surface area contributed by atoms with E-state index in [-0.39, 0.29) is 11.2 Å². The largest absolute Gasteiger partial charge is 0.342 e. The molecule has 3 aliphatic rings. The number of likely N-dealkylation sites (tertiary alicyclic amines) is 1. The highest BCUT2D eigenvalue weighted by atomic mass is 19.1. The van der Waals surface area contributed by atoms with Crippen LogP contribution >= 0.6 is 0 Å². The molecule has 2 atom stereocenters. The number of halogens is 1. The van der Waals surface area contributed by atoms with E-state index in [1.54, 1.807) is 12.1 Å². The van der Waals surface area contributed by atoms with Crippen molar-refractivity contribution < 1.29 is 4.39 Å². The number of hydrogen-bond donors (Lipinski definition) is 1. The number of aromatic nitrogens is 1. The topological polar surface area (TPSA) is 34.6 Å². The van der Waals surface area contributed by atoms with Gasteiger partial charge in [-0.05, 0) is 68.5 Å². The Kier molecular flexibility index (Phi) is 10.4. The van der Waals surface area contributed by atoms with E-state index < -0.39 is 0 Å². The molecule has 0 radical (unpaired) electrons. The zero-order valence-electron chi connectivity index (χ0n) is 25.9. The minimum absolute atomic E-state index is 0.0390. The normalized spacial score (nSPS) is 22.9. The van der Waals surface area contributed by atoms with Crippen LogP contribution in [0.5, 0.6) is 0 Å². The summed E-state index contributed by atoms with van der Waals surface area (Å²) < 4.78 is 13.5. The number of benzene rings is 1.